The van der Waals surface area contributed by atoms with Gasteiger partial charge >= 0.3 is 0 Å². The maximum atomic E-state index is 9.24. The molecule has 0 fully saturated rings. The summed E-state index contributed by atoms with van der Waals surface area (Å²) in [7, 11) is -6.47. The van der Waals surface area contributed by atoms with Crippen molar-refractivity contribution in [1.29, 1.82) is 0 Å². The van der Waals surface area contributed by atoms with Crippen LogP contribution in [0.25, 0.3) is 22.3 Å². The van der Waals surface area contributed by atoms with E-state index < -0.39 is 17.2 Å². The molecule has 183 valence electrons. The molecule has 3 rings (SSSR count). The fourth-order valence-corrected chi connectivity index (χ4v) is 3.94. The van der Waals surface area contributed by atoms with Gasteiger partial charge in [0.1, 0.15) is 0 Å². The van der Waals surface area contributed by atoms with E-state index in [9.17, 15) is 19.6 Å². The van der Waals surface area contributed by atoms with Crippen molar-refractivity contribution in [3.63, 3.8) is 0 Å². The summed E-state index contributed by atoms with van der Waals surface area (Å²) in [5.74, 6) is 0. The average Bonchev–Trinajstić information content (AvgIpc) is 2.72. The summed E-state index contributed by atoms with van der Waals surface area (Å²) in [5.41, 5.74) is 8.24. The van der Waals surface area contributed by atoms with Crippen LogP contribution in [0.3, 0.4) is 0 Å². The third-order valence-electron chi connectivity index (χ3n) is 5.13. The molecule has 0 unspecified atom stereocenters. The molecule has 0 aliphatic carbocycles. The van der Waals surface area contributed by atoms with Gasteiger partial charge < -0.3 is 23.9 Å². The Morgan fingerprint density at radius 3 is 1.53 bits per heavy atom. The molecule has 0 saturated carbocycles. The Morgan fingerprint density at radius 2 is 1.09 bits per heavy atom. The van der Waals surface area contributed by atoms with Crippen LogP contribution in [0.2, 0.25) is 0 Å². The number of benzene rings is 3. The molecule has 0 bridgehead atoms. The molecule has 0 amide bonds. The van der Waals surface area contributed by atoms with Gasteiger partial charge in [-0.25, -0.2) is 0 Å². The van der Waals surface area contributed by atoms with Crippen molar-refractivity contribution in [3.8, 4) is 22.3 Å². The topological polar surface area (TPSA) is 101 Å². The molecule has 3 aromatic rings. The first-order valence-electron chi connectivity index (χ1n) is 10.6. The normalized spacial score (nSPS) is 11.6. The van der Waals surface area contributed by atoms with Crippen LogP contribution in [0.5, 0.6) is 0 Å². The smallest absolute Gasteiger partial charge is 0 e. The van der Waals surface area contributed by atoms with Gasteiger partial charge in [0, 0.05) is 26.2 Å². The zero-order valence-corrected chi connectivity index (χ0v) is 25.6. The summed E-state index contributed by atoms with van der Waals surface area (Å²) in [6, 6.07) is 26.5. The molecule has 34 heavy (non-hydrogen) atoms. The van der Waals surface area contributed by atoms with E-state index in [4.69, 9.17) is 0 Å². The van der Waals surface area contributed by atoms with Gasteiger partial charge in [0.15, 0.2) is 0 Å². The van der Waals surface area contributed by atoms with E-state index in [1.165, 1.54) is 33.4 Å². The molecule has 0 atom stereocenters. The zero-order chi connectivity index (χ0) is 24.8. The molecule has 0 spiro atoms. The van der Waals surface area contributed by atoms with E-state index in [-0.39, 0.29) is 37.0 Å². The third-order valence-corrected chi connectivity index (χ3v) is 6.20. The van der Waals surface area contributed by atoms with E-state index in [1.807, 2.05) is 0 Å². The summed E-state index contributed by atoms with van der Waals surface area (Å²) >= 11 is 0. The molecule has 5 nitrogen and oxygen atoms in total. The molecular weight excluding hydrogens is 663 g/mol. The van der Waals surface area contributed by atoms with Gasteiger partial charge in [0.2, 0.25) is 0 Å². The van der Waals surface area contributed by atoms with Crippen molar-refractivity contribution in [1.82, 2.24) is 0 Å². The van der Waals surface area contributed by atoms with Crippen LogP contribution < -0.4 is 19.6 Å². The van der Waals surface area contributed by atoms with Gasteiger partial charge in [0.05, 0.1) is 0 Å². The minimum absolute atomic E-state index is 0. The fraction of sp³-hybridized carbons (Fsp3) is 0.308. The Morgan fingerprint density at radius 1 is 0.588 bits per heavy atom. The van der Waals surface area contributed by atoms with Crippen LogP contribution in [0.4, 0.5) is 0 Å². The molecule has 3 radical (unpaired) electrons. The molecule has 0 aliphatic heterocycles. The van der Waals surface area contributed by atoms with Crippen molar-refractivity contribution in [2.24, 2.45) is 0 Å². The van der Waals surface area contributed by atoms with Crippen LogP contribution in [-0.2, 0) is 15.1 Å². The quantitative estimate of drug-likeness (QED) is 0.303. The molecular formula is C26H30BiO5P2-4. The second kappa shape index (κ2) is 13.5. The van der Waals surface area contributed by atoms with Crippen LogP contribution in [0.1, 0.15) is 52.7 Å². The number of hydrogen-bond acceptors (Lipinski definition) is 5. The fourth-order valence-electron chi connectivity index (χ4n) is 3.51. The Balaban J connectivity index is 0.000000633. The standard InChI is InChI=1S/C26H30.Bi.O5P2/c1-25(2,3)20-16-17-23(24(18-20)26(4,5)6)22-15-11-10-14-21(22)19-12-8-7-9-13-19;;1-6(2)5-7(3)4/h7-18H,1-6H3;;/q;;-4. The average molecular weight is 693 g/mol. The molecule has 0 N–H and O–H groups in total. The summed E-state index contributed by atoms with van der Waals surface area (Å²) in [6.45, 7) is 13.8. The van der Waals surface area contributed by atoms with Crippen molar-refractivity contribution in [2.75, 3.05) is 0 Å². The Kier molecular flexibility index (Phi) is 12.4. The molecule has 0 heterocycles. The van der Waals surface area contributed by atoms with Gasteiger partial charge in [-0.1, -0.05) is 114 Å². The molecule has 0 aliphatic rings. The van der Waals surface area contributed by atoms with E-state index in [0.29, 0.717) is 0 Å². The summed E-state index contributed by atoms with van der Waals surface area (Å²) in [4.78, 5) is 37.0. The third kappa shape index (κ3) is 9.34. The first-order chi connectivity index (χ1) is 15.3. The predicted octanol–water partition coefficient (Wildman–Crippen LogP) is 4.13. The van der Waals surface area contributed by atoms with Crippen molar-refractivity contribution >= 4 is 43.4 Å². The number of hydrogen-bond donors (Lipinski definition) is 0. The number of rotatable bonds is 4. The predicted molar refractivity (Wildman–Crippen MR) is 135 cm³/mol. The monoisotopic (exact) mass is 693 g/mol. The second-order valence-electron chi connectivity index (χ2n) is 9.70. The Labute approximate surface area is 225 Å². The van der Waals surface area contributed by atoms with E-state index in [0.717, 1.165) is 0 Å². The van der Waals surface area contributed by atoms with Gasteiger partial charge in [0.25, 0.3) is 0 Å². The largest absolute Gasteiger partial charge is 0.820 e. The zero-order valence-electron chi connectivity index (χ0n) is 20.3. The first kappa shape index (κ1) is 31.2. The van der Waals surface area contributed by atoms with Crippen LogP contribution in [-0.4, -0.2) is 26.2 Å². The minimum atomic E-state index is -3.24. The Bertz CT molecular complexity index is 1020. The summed E-state index contributed by atoms with van der Waals surface area (Å²) < 4.78 is 3.16. The van der Waals surface area contributed by atoms with Crippen molar-refractivity contribution in [2.45, 2.75) is 52.4 Å². The summed E-state index contributed by atoms with van der Waals surface area (Å²) in [6.07, 6.45) is 0. The van der Waals surface area contributed by atoms with E-state index >= 15 is 0 Å². The van der Waals surface area contributed by atoms with Gasteiger partial charge in [-0.05, 0) is 44.2 Å². The van der Waals surface area contributed by atoms with Gasteiger partial charge in [-0.15, -0.1) is 0 Å². The maximum Gasteiger partial charge on any atom is 0 e. The van der Waals surface area contributed by atoms with E-state index in [1.54, 1.807) is 0 Å². The van der Waals surface area contributed by atoms with E-state index in [2.05, 4.69) is 119 Å². The van der Waals surface area contributed by atoms with Gasteiger partial charge in [-0.2, -0.15) is 17.2 Å². The minimum Gasteiger partial charge on any atom is -0.820 e. The molecule has 0 saturated heterocycles. The first-order valence-corrected chi connectivity index (χ1v) is 12.8. The van der Waals surface area contributed by atoms with Crippen molar-refractivity contribution in [3.05, 3.63) is 83.9 Å². The SMILES string of the molecule is CC(C)(C)c1ccc(-c2ccccc2-c2ccccc2)c(C(C)(C)C)c1.[Bi].[O-]P([O-])OP([O-])[O-]. The molecule has 0 aromatic heterocycles. The maximum absolute atomic E-state index is 9.24. The van der Waals surface area contributed by atoms with Gasteiger partial charge in [-0.3, -0.25) is 0 Å². The van der Waals surface area contributed by atoms with Crippen LogP contribution in [0.15, 0.2) is 72.8 Å². The molecule has 8 heteroatoms. The summed E-state index contributed by atoms with van der Waals surface area (Å²) in [5, 5.41) is 0. The van der Waals surface area contributed by atoms with Crippen LogP contribution >= 0.6 is 17.2 Å². The molecule has 3 aromatic carbocycles. The van der Waals surface area contributed by atoms with Crippen LogP contribution in [0, 0.1) is 0 Å². The van der Waals surface area contributed by atoms with Crippen molar-refractivity contribution < 1.29 is 23.9 Å². The Hall–Kier alpha value is -0.797. The second-order valence-corrected chi connectivity index (χ2v) is 11.2.